The zero-order chi connectivity index (χ0) is 9.54. The summed E-state index contributed by atoms with van der Waals surface area (Å²) in [6.07, 6.45) is 4.65. The second-order valence-electron chi connectivity index (χ2n) is 5.08. The molecule has 1 amide bonds. The predicted octanol–water partition coefficient (Wildman–Crippen LogP) is 0.932. The van der Waals surface area contributed by atoms with Crippen molar-refractivity contribution in [1.29, 1.82) is 0 Å². The molecule has 0 aromatic carbocycles. The van der Waals surface area contributed by atoms with Crippen LogP contribution in [0.3, 0.4) is 0 Å². The van der Waals surface area contributed by atoms with E-state index in [0.717, 1.165) is 31.3 Å². The predicted molar refractivity (Wildman–Crippen MR) is 61.0 cm³/mol. The molecule has 0 aromatic heterocycles. The minimum Gasteiger partial charge on any atom is -0.353 e. The summed E-state index contributed by atoms with van der Waals surface area (Å²) >= 11 is 0. The van der Waals surface area contributed by atoms with Gasteiger partial charge in [0, 0.05) is 25.6 Å². The maximum absolute atomic E-state index is 11.6. The summed E-state index contributed by atoms with van der Waals surface area (Å²) in [5.41, 5.74) is 0. The number of nitrogens with one attached hydrogen (secondary N) is 2. The van der Waals surface area contributed by atoms with Crippen LogP contribution >= 0.6 is 12.4 Å². The van der Waals surface area contributed by atoms with Crippen LogP contribution in [0.2, 0.25) is 0 Å². The van der Waals surface area contributed by atoms with Crippen LogP contribution in [0.1, 0.15) is 25.7 Å². The van der Waals surface area contributed by atoms with Gasteiger partial charge in [0.25, 0.3) is 0 Å². The Morgan fingerprint density at radius 1 is 1.27 bits per heavy atom. The van der Waals surface area contributed by atoms with Gasteiger partial charge in [0.2, 0.25) is 5.91 Å². The van der Waals surface area contributed by atoms with E-state index in [1.807, 2.05) is 0 Å². The number of amides is 1. The largest absolute Gasteiger partial charge is 0.353 e. The molecule has 0 spiro atoms. The lowest BCUT2D eigenvalue weighted by Crippen LogP contribution is -2.34. The Balaban J connectivity index is 0.000000853. The molecule has 1 saturated heterocycles. The Bertz CT molecular complexity index is 245. The first-order valence-electron chi connectivity index (χ1n) is 5.84. The number of carbonyl (C=O) groups excluding carboxylic acids is 1. The molecular weight excluding hydrogens is 212 g/mol. The average Bonchev–Trinajstić information content (AvgIpc) is 2.61. The molecule has 1 unspecified atom stereocenters. The maximum Gasteiger partial charge on any atom is 0.220 e. The van der Waals surface area contributed by atoms with Crippen LogP contribution in [0.25, 0.3) is 0 Å². The molecule has 1 aliphatic heterocycles. The Morgan fingerprint density at radius 2 is 1.93 bits per heavy atom. The Kier molecular flexibility index (Phi) is 3.21. The zero-order valence-corrected chi connectivity index (χ0v) is 9.69. The molecule has 2 saturated carbocycles. The minimum atomic E-state index is 0. The van der Waals surface area contributed by atoms with Crippen LogP contribution in [0.5, 0.6) is 0 Å². The van der Waals surface area contributed by atoms with E-state index in [1.165, 1.54) is 19.3 Å². The highest BCUT2D eigenvalue weighted by Gasteiger charge is 2.53. The first-order chi connectivity index (χ1) is 6.84. The Morgan fingerprint density at radius 3 is 2.47 bits per heavy atom. The third-order valence-corrected chi connectivity index (χ3v) is 4.12. The van der Waals surface area contributed by atoms with Crippen molar-refractivity contribution in [3.63, 3.8) is 0 Å². The molecule has 0 aromatic rings. The summed E-state index contributed by atoms with van der Waals surface area (Å²) in [6.45, 7) is 2.22. The third kappa shape index (κ3) is 2.13. The summed E-state index contributed by atoms with van der Waals surface area (Å²) in [5, 5.41) is 6.51. The molecule has 4 heteroatoms. The summed E-state index contributed by atoms with van der Waals surface area (Å²) in [7, 11) is 0. The number of halogens is 1. The summed E-state index contributed by atoms with van der Waals surface area (Å²) in [6, 6.07) is 0.517. The molecule has 2 aliphatic carbocycles. The number of piperidine rings is 1. The molecule has 2 N–H and O–H groups in total. The van der Waals surface area contributed by atoms with E-state index >= 15 is 0 Å². The Hall–Kier alpha value is -0.280. The SMILES string of the molecule is Cl.O=C(CC1CCC1)NC1[C@H]2CNC[C@@H]12. The summed E-state index contributed by atoms with van der Waals surface area (Å²) in [4.78, 5) is 11.6. The fourth-order valence-corrected chi connectivity index (χ4v) is 2.84. The molecule has 15 heavy (non-hydrogen) atoms. The van der Waals surface area contributed by atoms with Gasteiger partial charge in [0.1, 0.15) is 0 Å². The van der Waals surface area contributed by atoms with Gasteiger partial charge in [-0.3, -0.25) is 4.79 Å². The van der Waals surface area contributed by atoms with Gasteiger partial charge in [-0.1, -0.05) is 6.42 Å². The van der Waals surface area contributed by atoms with E-state index in [9.17, 15) is 4.79 Å². The zero-order valence-electron chi connectivity index (χ0n) is 8.87. The van der Waals surface area contributed by atoms with Crippen LogP contribution in [-0.2, 0) is 4.79 Å². The lowest BCUT2D eigenvalue weighted by Gasteiger charge is -2.24. The highest BCUT2D eigenvalue weighted by molar-refractivity contribution is 5.85. The molecule has 3 nitrogen and oxygen atoms in total. The topological polar surface area (TPSA) is 41.1 Å². The van der Waals surface area contributed by atoms with Crippen LogP contribution < -0.4 is 10.6 Å². The number of rotatable bonds is 3. The average molecular weight is 231 g/mol. The molecule has 0 bridgehead atoms. The van der Waals surface area contributed by atoms with Crippen molar-refractivity contribution in [1.82, 2.24) is 10.6 Å². The van der Waals surface area contributed by atoms with E-state index in [2.05, 4.69) is 10.6 Å². The van der Waals surface area contributed by atoms with E-state index in [-0.39, 0.29) is 12.4 Å². The lowest BCUT2D eigenvalue weighted by atomic mass is 9.83. The van der Waals surface area contributed by atoms with Crippen molar-refractivity contribution in [2.75, 3.05) is 13.1 Å². The van der Waals surface area contributed by atoms with Crippen molar-refractivity contribution in [3.05, 3.63) is 0 Å². The van der Waals surface area contributed by atoms with Gasteiger partial charge in [0.15, 0.2) is 0 Å². The van der Waals surface area contributed by atoms with Gasteiger partial charge in [0.05, 0.1) is 0 Å². The van der Waals surface area contributed by atoms with Crippen molar-refractivity contribution < 1.29 is 4.79 Å². The smallest absolute Gasteiger partial charge is 0.220 e. The molecule has 0 radical (unpaired) electrons. The first kappa shape index (κ1) is 11.2. The second-order valence-corrected chi connectivity index (χ2v) is 5.08. The number of hydrogen-bond acceptors (Lipinski definition) is 2. The maximum atomic E-state index is 11.6. The van der Waals surface area contributed by atoms with E-state index < -0.39 is 0 Å². The van der Waals surface area contributed by atoms with E-state index in [0.29, 0.717) is 17.9 Å². The fraction of sp³-hybridized carbons (Fsp3) is 0.909. The summed E-state index contributed by atoms with van der Waals surface area (Å²) in [5.74, 6) is 2.50. The van der Waals surface area contributed by atoms with Crippen LogP contribution in [-0.4, -0.2) is 25.0 Å². The molecule has 3 fully saturated rings. The van der Waals surface area contributed by atoms with Gasteiger partial charge < -0.3 is 10.6 Å². The second kappa shape index (κ2) is 4.30. The molecule has 3 atom stereocenters. The van der Waals surface area contributed by atoms with E-state index in [4.69, 9.17) is 0 Å². The quantitative estimate of drug-likeness (QED) is 0.758. The van der Waals surface area contributed by atoms with Gasteiger partial charge in [-0.2, -0.15) is 0 Å². The number of fused-ring (bicyclic) bond motifs is 1. The van der Waals surface area contributed by atoms with Crippen molar-refractivity contribution in [2.24, 2.45) is 17.8 Å². The minimum absolute atomic E-state index is 0. The van der Waals surface area contributed by atoms with Crippen molar-refractivity contribution in [2.45, 2.75) is 31.7 Å². The van der Waals surface area contributed by atoms with Gasteiger partial charge in [-0.05, 0) is 30.6 Å². The van der Waals surface area contributed by atoms with Gasteiger partial charge >= 0.3 is 0 Å². The van der Waals surface area contributed by atoms with E-state index in [1.54, 1.807) is 0 Å². The first-order valence-corrected chi connectivity index (χ1v) is 5.84. The number of carbonyl (C=O) groups is 1. The highest BCUT2D eigenvalue weighted by Crippen LogP contribution is 2.41. The van der Waals surface area contributed by atoms with Crippen LogP contribution in [0.15, 0.2) is 0 Å². The normalized spacial score (nSPS) is 37.5. The molecule has 3 rings (SSSR count). The lowest BCUT2D eigenvalue weighted by molar-refractivity contribution is -0.122. The molecule has 86 valence electrons. The monoisotopic (exact) mass is 230 g/mol. The Labute approximate surface area is 96.8 Å². The molecular formula is C11H19ClN2O. The standard InChI is InChI=1S/C11H18N2O.ClH/c14-10(4-7-2-1-3-7)13-11-8-5-12-6-9(8)11;/h7-9,11-12H,1-6H2,(H,13,14);1H/t8-,9+,11?;. The fourth-order valence-electron chi connectivity index (χ4n) is 2.84. The highest BCUT2D eigenvalue weighted by atomic mass is 35.5. The van der Waals surface area contributed by atoms with Crippen molar-refractivity contribution in [3.8, 4) is 0 Å². The van der Waals surface area contributed by atoms with Gasteiger partial charge in [-0.25, -0.2) is 0 Å². The molecule has 1 heterocycles. The summed E-state index contributed by atoms with van der Waals surface area (Å²) < 4.78 is 0. The van der Waals surface area contributed by atoms with Crippen molar-refractivity contribution >= 4 is 18.3 Å². The number of hydrogen-bond donors (Lipinski definition) is 2. The van der Waals surface area contributed by atoms with Crippen LogP contribution in [0, 0.1) is 17.8 Å². The third-order valence-electron chi connectivity index (χ3n) is 4.12. The van der Waals surface area contributed by atoms with Gasteiger partial charge in [-0.15, -0.1) is 12.4 Å². The van der Waals surface area contributed by atoms with Crippen LogP contribution in [0.4, 0.5) is 0 Å². The molecule has 3 aliphatic rings.